The van der Waals surface area contributed by atoms with E-state index < -0.39 is 24.4 Å². The van der Waals surface area contributed by atoms with Crippen molar-refractivity contribution >= 4 is 11.8 Å². The molecule has 0 saturated heterocycles. The van der Waals surface area contributed by atoms with E-state index in [9.17, 15) is 22.8 Å². The molecule has 2 heterocycles. The van der Waals surface area contributed by atoms with Crippen LogP contribution in [0.25, 0.3) is 11.5 Å². The average molecular weight is 434 g/mol. The van der Waals surface area contributed by atoms with Crippen LogP contribution < -0.4 is 5.32 Å². The van der Waals surface area contributed by atoms with Crippen molar-refractivity contribution in [1.29, 1.82) is 0 Å². The van der Waals surface area contributed by atoms with Gasteiger partial charge in [0, 0.05) is 23.7 Å². The van der Waals surface area contributed by atoms with E-state index in [1.165, 1.54) is 0 Å². The van der Waals surface area contributed by atoms with Crippen molar-refractivity contribution in [3.63, 3.8) is 0 Å². The molecule has 31 heavy (non-hydrogen) atoms. The first-order chi connectivity index (χ1) is 14.9. The fourth-order valence-corrected chi connectivity index (χ4v) is 4.54. The van der Waals surface area contributed by atoms with Crippen molar-refractivity contribution in [3.05, 3.63) is 35.2 Å². The molecule has 1 aromatic carbocycles. The molecule has 7 nitrogen and oxygen atoms in total. The van der Waals surface area contributed by atoms with Gasteiger partial charge in [-0.05, 0) is 37.0 Å². The van der Waals surface area contributed by atoms with Crippen LogP contribution in [0.2, 0.25) is 0 Å². The molecule has 0 radical (unpaired) electrons. The topological polar surface area (TPSA) is 88.3 Å². The Bertz CT molecular complexity index is 1030. The number of carbonyl (C=O) groups excluding carboxylic acids is 2. The molecular formula is C21H21F3N4O3. The predicted molar refractivity (Wildman–Crippen MR) is 102 cm³/mol. The number of nitrogens with zero attached hydrogens (tertiary/aromatic N) is 3. The molecule has 10 heteroatoms. The van der Waals surface area contributed by atoms with E-state index in [-0.39, 0.29) is 36.2 Å². The lowest BCUT2D eigenvalue weighted by molar-refractivity contribution is -0.124. The lowest BCUT2D eigenvalue weighted by Crippen LogP contribution is -2.53. The number of benzene rings is 1. The Balaban J connectivity index is 1.35. The molecule has 2 aromatic rings. The van der Waals surface area contributed by atoms with E-state index in [2.05, 4.69) is 15.5 Å². The van der Waals surface area contributed by atoms with E-state index in [1.54, 1.807) is 23.1 Å². The average Bonchev–Trinajstić information content (AvgIpc) is 3.16. The monoisotopic (exact) mass is 434 g/mol. The third kappa shape index (κ3) is 3.68. The molecule has 1 aromatic heterocycles. The van der Waals surface area contributed by atoms with Gasteiger partial charge in [-0.15, -0.1) is 10.2 Å². The first-order valence-corrected chi connectivity index (χ1v) is 10.4. The highest BCUT2D eigenvalue weighted by atomic mass is 19.3. The van der Waals surface area contributed by atoms with E-state index in [0.717, 1.165) is 31.2 Å². The Morgan fingerprint density at radius 2 is 2.00 bits per heavy atom. The van der Waals surface area contributed by atoms with Gasteiger partial charge in [-0.1, -0.05) is 18.9 Å². The highest BCUT2D eigenvalue weighted by molar-refractivity contribution is 5.99. The quantitative estimate of drug-likeness (QED) is 0.779. The number of carbonyl (C=O) groups is 2. The van der Waals surface area contributed by atoms with Gasteiger partial charge in [0.1, 0.15) is 6.17 Å². The van der Waals surface area contributed by atoms with Gasteiger partial charge in [0.2, 0.25) is 11.8 Å². The zero-order valence-electron chi connectivity index (χ0n) is 16.6. The molecule has 5 rings (SSSR count). The van der Waals surface area contributed by atoms with Crippen LogP contribution in [0.4, 0.5) is 13.2 Å². The second-order valence-electron chi connectivity index (χ2n) is 8.38. The van der Waals surface area contributed by atoms with Gasteiger partial charge >= 0.3 is 6.43 Å². The van der Waals surface area contributed by atoms with Crippen LogP contribution in [0.15, 0.2) is 22.6 Å². The number of alkyl halides is 3. The number of nitrogens with one attached hydrogen (secondary N) is 1. The molecule has 2 amide bonds. The van der Waals surface area contributed by atoms with Crippen LogP contribution in [-0.2, 0) is 11.3 Å². The Morgan fingerprint density at radius 3 is 2.71 bits per heavy atom. The summed E-state index contributed by atoms with van der Waals surface area (Å²) in [7, 11) is 0. The number of aromatic nitrogens is 2. The molecule has 4 atom stereocenters. The summed E-state index contributed by atoms with van der Waals surface area (Å²) in [6.45, 7) is 0.396. The molecular weight excluding hydrogens is 413 g/mol. The largest absolute Gasteiger partial charge is 0.415 e. The van der Waals surface area contributed by atoms with Crippen LogP contribution in [0.5, 0.6) is 0 Å². The van der Waals surface area contributed by atoms with Crippen molar-refractivity contribution in [2.45, 2.75) is 63.3 Å². The van der Waals surface area contributed by atoms with E-state index in [0.29, 0.717) is 17.7 Å². The lowest BCUT2D eigenvalue weighted by atomic mass is 9.89. The molecule has 3 aliphatic rings. The van der Waals surface area contributed by atoms with Crippen LogP contribution >= 0.6 is 0 Å². The molecule has 1 N–H and O–H groups in total. The van der Waals surface area contributed by atoms with Gasteiger partial charge in [0.15, 0.2) is 0 Å². The molecule has 2 fully saturated rings. The normalized spacial score (nSPS) is 27.5. The lowest BCUT2D eigenvalue weighted by Gasteiger charge is -2.38. The Hall–Kier alpha value is -2.91. The SMILES string of the molecule is O=C(N[C@@H]1CCCC[C@H]1N1Cc2ccc(-c3nnc(C(F)F)o3)cc2C1=O)[C@@H]1CC1F. The third-order valence-electron chi connectivity index (χ3n) is 6.32. The van der Waals surface area contributed by atoms with Gasteiger partial charge in [-0.3, -0.25) is 9.59 Å². The molecule has 2 saturated carbocycles. The maximum atomic E-state index is 13.3. The highest BCUT2D eigenvalue weighted by Gasteiger charge is 2.46. The maximum absolute atomic E-state index is 13.3. The number of fused-ring (bicyclic) bond motifs is 1. The summed E-state index contributed by atoms with van der Waals surface area (Å²) in [4.78, 5) is 27.2. The standard InChI is InChI=1S/C21H21F3N4O3/c22-14-8-13(14)18(29)25-15-3-1-2-4-16(15)28-9-11-6-5-10(7-12(11)21(28)30)19-26-27-20(31-19)17(23)24/h5-7,13-17H,1-4,8-9H2,(H,25,29)/t13-,14?,15-,16-/m1/s1. The summed E-state index contributed by atoms with van der Waals surface area (Å²) < 4.78 is 43.7. The minimum Gasteiger partial charge on any atom is -0.415 e. The highest BCUT2D eigenvalue weighted by Crippen LogP contribution is 2.36. The fourth-order valence-electron chi connectivity index (χ4n) is 4.54. The molecule has 164 valence electrons. The summed E-state index contributed by atoms with van der Waals surface area (Å²) in [6.07, 6.45) is -0.289. The molecule has 2 aliphatic carbocycles. The fraction of sp³-hybridized carbons (Fsp3) is 0.524. The van der Waals surface area contributed by atoms with Crippen LogP contribution in [-0.4, -0.2) is 45.2 Å². The first kappa shape index (κ1) is 20.0. The van der Waals surface area contributed by atoms with Crippen LogP contribution in [0, 0.1) is 5.92 Å². The second kappa shape index (κ2) is 7.65. The van der Waals surface area contributed by atoms with E-state index in [4.69, 9.17) is 4.42 Å². The van der Waals surface area contributed by atoms with Crippen molar-refractivity contribution in [3.8, 4) is 11.5 Å². The number of rotatable bonds is 5. The zero-order chi connectivity index (χ0) is 21.7. The second-order valence-corrected chi connectivity index (χ2v) is 8.38. The van der Waals surface area contributed by atoms with E-state index >= 15 is 0 Å². The van der Waals surface area contributed by atoms with Gasteiger partial charge < -0.3 is 14.6 Å². The molecule has 1 unspecified atom stereocenters. The van der Waals surface area contributed by atoms with Crippen molar-refractivity contribution in [1.82, 2.24) is 20.4 Å². The molecule has 0 bridgehead atoms. The minimum atomic E-state index is -2.87. The Morgan fingerprint density at radius 1 is 1.23 bits per heavy atom. The Kier molecular flexibility index (Phi) is 4.94. The number of hydrogen-bond donors (Lipinski definition) is 1. The van der Waals surface area contributed by atoms with Gasteiger partial charge in [0.05, 0.1) is 12.0 Å². The molecule has 0 spiro atoms. The third-order valence-corrected chi connectivity index (χ3v) is 6.32. The van der Waals surface area contributed by atoms with Crippen molar-refractivity contribution < 1.29 is 27.2 Å². The maximum Gasteiger partial charge on any atom is 0.314 e. The minimum absolute atomic E-state index is 0.0719. The van der Waals surface area contributed by atoms with Gasteiger partial charge in [0.25, 0.3) is 11.8 Å². The summed E-state index contributed by atoms with van der Waals surface area (Å²) >= 11 is 0. The Labute approximate surface area is 176 Å². The van der Waals surface area contributed by atoms with E-state index in [1.807, 2.05) is 0 Å². The smallest absolute Gasteiger partial charge is 0.314 e. The summed E-state index contributed by atoms with van der Waals surface area (Å²) in [6, 6.07) is 4.60. The number of hydrogen-bond acceptors (Lipinski definition) is 5. The van der Waals surface area contributed by atoms with Crippen LogP contribution in [0.3, 0.4) is 0 Å². The zero-order valence-corrected chi connectivity index (χ0v) is 16.6. The van der Waals surface area contributed by atoms with Crippen molar-refractivity contribution in [2.75, 3.05) is 0 Å². The summed E-state index contributed by atoms with van der Waals surface area (Å²) in [5.74, 6) is -1.87. The number of amides is 2. The van der Waals surface area contributed by atoms with Crippen LogP contribution in [0.1, 0.15) is 60.3 Å². The summed E-state index contributed by atoms with van der Waals surface area (Å²) in [5, 5.41) is 9.93. The van der Waals surface area contributed by atoms with Crippen molar-refractivity contribution in [2.24, 2.45) is 5.92 Å². The predicted octanol–water partition coefficient (Wildman–Crippen LogP) is 3.42. The van der Waals surface area contributed by atoms with Gasteiger partial charge in [-0.2, -0.15) is 8.78 Å². The number of halogens is 3. The summed E-state index contributed by atoms with van der Waals surface area (Å²) in [5.41, 5.74) is 1.66. The first-order valence-electron chi connectivity index (χ1n) is 10.4. The molecule has 1 aliphatic heterocycles. The van der Waals surface area contributed by atoms with Gasteiger partial charge in [-0.25, -0.2) is 4.39 Å².